The molecule has 256 valence electrons. The van der Waals surface area contributed by atoms with Crippen LogP contribution >= 0.6 is 0 Å². The van der Waals surface area contributed by atoms with E-state index in [0.717, 1.165) is 37.9 Å². The summed E-state index contributed by atoms with van der Waals surface area (Å²) in [7, 11) is 0. The lowest BCUT2D eigenvalue weighted by Crippen LogP contribution is -2.22. The molecule has 0 spiro atoms. The molecule has 1 saturated heterocycles. The lowest BCUT2D eigenvalue weighted by molar-refractivity contribution is -0.162. The van der Waals surface area contributed by atoms with Gasteiger partial charge in [0.2, 0.25) is 0 Å². The van der Waals surface area contributed by atoms with Crippen LogP contribution in [0.1, 0.15) is 218 Å². The summed E-state index contributed by atoms with van der Waals surface area (Å²) in [6.45, 7) is 2.15. The number of aliphatic hydroxyl groups is 1. The monoisotopic (exact) mass is 607 g/mol. The van der Waals surface area contributed by atoms with E-state index in [1.165, 1.54) is 199 Å². The van der Waals surface area contributed by atoms with Crippen molar-refractivity contribution in [3.8, 4) is 0 Å². The van der Waals surface area contributed by atoms with Crippen molar-refractivity contribution in [3.63, 3.8) is 0 Å². The van der Waals surface area contributed by atoms with Crippen LogP contribution in [0.3, 0.4) is 0 Å². The molecule has 1 aliphatic carbocycles. The van der Waals surface area contributed by atoms with Crippen molar-refractivity contribution in [2.45, 2.75) is 225 Å². The van der Waals surface area contributed by atoms with E-state index in [-0.39, 0.29) is 6.29 Å². The zero-order valence-electron chi connectivity index (χ0n) is 29.2. The average Bonchev–Trinajstić information content (AvgIpc) is 3.49. The van der Waals surface area contributed by atoms with Crippen LogP contribution in [0.25, 0.3) is 0 Å². The molecule has 2 aliphatic rings. The summed E-state index contributed by atoms with van der Waals surface area (Å²) in [4.78, 5) is 0. The Hall–Kier alpha value is -0.120. The van der Waals surface area contributed by atoms with Crippen molar-refractivity contribution in [3.05, 3.63) is 0 Å². The molecule has 0 aromatic carbocycles. The zero-order valence-corrected chi connectivity index (χ0v) is 29.2. The Bertz CT molecular complexity index is 546. The topological polar surface area (TPSA) is 38.7 Å². The number of hydrogen-bond acceptors (Lipinski definition) is 3. The van der Waals surface area contributed by atoms with E-state index in [9.17, 15) is 0 Å². The predicted molar refractivity (Wildman–Crippen MR) is 187 cm³/mol. The van der Waals surface area contributed by atoms with E-state index >= 15 is 0 Å². The Labute approximate surface area is 270 Å². The molecule has 0 amide bonds. The highest BCUT2D eigenvalue weighted by Gasteiger charge is 2.23. The second kappa shape index (κ2) is 30.5. The first-order chi connectivity index (χ1) is 21.4. The molecular formula is C40H78O3. The van der Waals surface area contributed by atoms with E-state index < -0.39 is 0 Å². The highest BCUT2D eigenvalue weighted by atomic mass is 16.7. The summed E-state index contributed by atoms with van der Waals surface area (Å²) >= 11 is 0. The predicted octanol–water partition coefficient (Wildman–Crippen LogP) is 12.9. The maximum Gasteiger partial charge on any atom is 0.157 e. The molecule has 2 rings (SSSR count). The molecule has 3 unspecified atom stereocenters. The third kappa shape index (κ3) is 24.7. The lowest BCUT2D eigenvalue weighted by atomic mass is 9.95. The SMILES string of the molecule is OCCCCCCCCCCCCCCCC1CCC(CCCCCCCCCCCCCCCOC2CCCCO2)C1. The minimum Gasteiger partial charge on any atom is -0.396 e. The van der Waals surface area contributed by atoms with Crippen molar-refractivity contribution in [2.24, 2.45) is 11.8 Å². The van der Waals surface area contributed by atoms with Gasteiger partial charge in [0.05, 0.1) is 0 Å². The molecule has 1 saturated carbocycles. The summed E-state index contributed by atoms with van der Waals surface area (Å²) in [5.74, 6) is 2.14. The van der Waals surface area contributed by atoms with E-state index in [2.05, 4.69) is 0 Å². The highest BCUT2D eigenvalue weighted by Crippen LogP contribution is 2.37. The molecule has 43 heavy (non-hydrogen) atoms. The minimum absolute atomic E-state index is 0.0962. The Morgan fingerprint density at radius 3 is 1.23 bits per heavy atom. The normalized spacial score (nSPS) is 20.7. The number of ether oxygens (including phenoxy) is 2. The van der Waals surface area contributed by atoms with Gasteiger partial charge in [0, 0.05) is 19.8 Å². The molecule has 3 heteroatoms. The highest BCUT2D eigenvalue weighted by molar-refractivity contribution is 4.75. The Kier molecular flexibility index (Phi) is 27.7. The first-order valence-electron chi connectivity index (χ1n) is 20.2. The molecule has 0 aromatic heterocycles. The second-order valence-electron chi connectivity index (χ2n) is 14.7. The maximum atomic E-state index is 8.82. The van der Waals surface area contributed by atoms with Crippen molar-refractivity contribution in [2.75, 3.05) is 19.8 Å². The fourth-order valence-corrected chi connectivity index (χ4v) is 7.73. The maximum absolute atomic E-state index is 8.82. The van der Waals surface area contributed by atoms with Crippen LogP contribution in [0, 0.1) is 11.8 Å². The number of hydrogen-bond donors (Lipinski definition) is 1. The van der Waals surface area contributed by atoms with Gasteiger partial charge >= 0.3 is 0 Å². The average molecular weight is 607 g/mol. The minimum atomic E-state index is 0.0962. The molecule has 2 fully saturated rings. The molecule has 0 bridgehead atoms. The Morgan fingerprint density at radius 2 is 0.837 bits per heavy atom. The first-order valence-corrected chi connectivity index (χ1v) is 20.2. The zero-order chi connectivity index (χ0) is 30.3. The molecule has 0 aromatic rings. The van der Waals surface area contributed by atoms with Gasteiger partial charge in [-0.15, -0.1) is 0 Å². The molecule has 1 heterocycles. The smallest absolute Gasteiger partial charge is 0.157 e. The Morgan fingerprint density at radius 1 is 0.442 bits per heavy atom. The standard InChI is InChI=1S/C40H78O3/c41-34-26-21-17-13-9-5-1-3-7-11-15-19-23-29-38-32-33-39(37-38)30-24-20-16-12-8-4-2-6-10-14-18-22-27-35-42-40-31-25-28-36-43-40/h38-41H,1-37H2. The molecule has 3 atom stereocenters. The van der Waals surface area contributed by atoms with Crippen molar-refractivity contribution >= 4 is 0 Å². The number of rotatable bonds is 32. The van der Waals surface area contributed by atoms with Crippen molar-refractivity contribution in [1.82, 2.24) is 0 Å². The summed E-state index contributed by atoms with van der Waals surface area (Å²) in [6, 6.07) is 0. The molecule has 3 nitrogen and oxygen atoms in total. The van der Waals surface area contributed by atoms with E-state index in [1.54, 1.807) is 6.42 Å². The number of aliphatic hydroxyl groups excluding tert-OH is 1. The van der Waals surface area contributed by atoms with Crippen LogP contribution in [0.5, 0.6) is 0 Å². The fraction of sp³-hybridized carbons (Fsp3) is 1.00. The lowest BCUT2D eigenvalue weighted by Gasteiger charge is -2.22. The first kappa shape index (κ1) is 39.1. The summed E-state index contributed by atoms with van der Waals surface area (Å²) in [5, 5.41) is 8.82. The van der Waals surface area contributed by atoms with E-state index in [4.69, 9.17) is 14.6 Å². The van der Waals surface area contributed by atoms with Gasteiger partial charge in [-0.25, -0.2) is 0 Å². The largest absolute Gasteiger partial charge is 0.396 e. The van der Waals surface area contributed by atoms with Gasteiger partial charge in [0.1, 0.15) is 0 Å². The third-order valence-electron chi connectivity index (χ3n) is 10.6. The van der Waals surface area contributed by atoms with Gasteiger partial charge in [0.15, 0.2) is 6.29 Å². The summed E-state index contributed by atoms with van der Waals surface area (Å²) in [6.07, 6.45) is 47.9. The van der Waals surface area contributed by atoms with Crippen molar-refractivity contribution < 1.29 is 14.6 Å². The van der Waals surface area contributed by atoms with Gasteiger partial charge in [-0.3, -0.25) is 0 Å². The van der Waals surface area contributed by atoms with Crippen LogP contribution in [0.15, 0.2) is 0 Å². The van der Waals surface area contributed by atoms with Crippen LogP contribution in [0.4, 0.5) is 0 Å². The van der Waals surface area contributed by atoms with Crippen LogP contribution in [-0.4, -0.2) is 31.2 Å². The quantitative estimate of drug-likeness (QED) is 0.0774. The summed E-state index contributed by atoms with van der Waals surface area (Å²) in [5.41, 5.74) is 0. The van der Waals surface area contributed by atoms with Gasteiger partial charge in [-0.1, -0.05) is 180 Å². The third-order valence-corrected chi connectivity index (χ3v) is 10.6. The van der Waals surface area contributed by atoms with Gasteiger partial charge in [-0.05, 0) is 50.4 Å². The van der Waals surface area contributed by atoms with E-state index in [0.29, 0.717) is 6.61 Å². The summed E-state index contributed by atoms with van der Waals surface area (Å²) < 4.78 is 11.5. The van der Waals surface area contributed by atoms with Crippen LogP contribution in [-0.2, 0) is 9.47 Å². The Balaban J connectivity index is 1.21. The van der Waals surface area contributed by atoms with Crippen LogP contribution in [0.2, 0.25) is 0 Å². The van der Waals surface area contributed by atoms with Gasteiger partial charge in [0.25, 0.3) is 0 Å². The molecule has 0 radical (unpaired) electrons. The number of unbranched alkanes of at least 4 members (excludes halogenated alkanes) is 24. The van der Waals surface area contributed by atoms with Crippen molar-refractivity contribution in [1.29, 1.82) is 0 Å². The molecule has 1 N–H and O–H groups in total. The second-order valence-corrected chi connectivity index (χ2v) is 14.7. The van der Waals surface area contributed by atoms with Gasteiger partial charge in [-0.2, -0.15) is 0 Å². The van der Waals surface area contributed by atoms with E-state index in [1.807, 2.05) is 0 Å². The van der Waals surface area contributed by atoms with Crippen LogP contribution < -0.4 is 0 Å². The van der Waals surface area contributed by atoms with Gasteiger partial charge < -0.3 is 14.6 Å². The molecule has 1 aliphatic heterocycles. The molecular weight excluding hydrogens is 528 g/mol. The fourth-order valence-electron chi connectivity index (χ4n) is 7.73.